The Labute approximate surface area is 95.9 Å². The molecule has 2 aromatic rings. The number of pyridine rings is 1. The zero-order valence-corrected chi connectivity index (χ0v) is 8.80. The summed E-state index contributed by atoms with van der Waals surface area (Å²) in [5, 5.41) is 3.04. The van der Waals surface area contributed by atoms with Gasteiger partial charge in [0.25, 0.3) is 0 Å². The summed E-state index contributed by atoms with van der Waals surface area (Å²) in [6, 6.07) is 6.92. The monoisotopic (exact) mass is 240 g/mol. The number of hydrogen-bond donors (Lipinski definition) is 1. The third-order valence-electron chi connectivity index (χ3n) is 1.94. The van der Waals surface area contributed by atoms with Crippen molar-refractivity contribution < 1.29 is 8.78 Å². The zero-order valence-electron chi connectivity index (χ0n) is 8.05. The standard InChI is InChI=1S/C11H7ClF2N2/c12-7-1-2-10(9(13)5-7)16-8-3-4-15-11(14)6-8/h1-6H,(H,15,16). The van der Waals surface area contributed by atoms with Gasteiger partial charge in [0.15, 0.2) is 0 Å². The van der Waals surface area contributed by atoms with Crippen LogP contribution < -0.4 is 5.32 Å². The third-order valence-corrected chi connectivity index (χ3v) is 2.17. The highest BCUT2D eigenvalue weighted by molar-refractivity contribution is 6.30. The van der Waals surface area contributed by atoms with Crippen LogP contribution in [0.5, 0.6) is 0 Å². The van der Waals surface area contributed by atoms with Crippen molar-refractivity contribution in [2.75, 3.05) is 5.32 Å². The molecule has 0 aliphatic rings. The average molecular weight is 241 g/mol. The molecular formula is C11H7ClF2N2. The molecule has 0 fully saturated rings. The number of rotatable bonds is 2. The quantitative estimate of drug-likeness (QED) is 0.809. The zero-order chi connectivity index (χ0) is 11.5. The number of halogens is 3. The van der Waals surface area contributed by atoms with Crippen molar-refractivity contribution in [1.29, 1.82) is 0 Å². The molecule has 5 heteroatoms. The number of hydrogen-bond acceptors (Lipinski definition) is 2. The van der Waals surface area contributed by atoms with Gasteiger partial charge in [-0.05, 0) is 24.3 Å². The van der Waals surface area contributed by atoms with Gasteiger partial charge in [0, 0.05) is 23.0 Å². The Bertz CT molecular complexity index is 517. The van der Waals surface area contributed by atoms with Crippen molar-refractivity contribution in [3.63, 3.8) is 0 Å². The number of aromatic nitrogens is 1. The molecule has 1 aromatic heterocycles. The maximum absolute atomic E-state index is 13.4. The Hall–Kier alpha value is -1.68. The predicted molar refractivity (Wildman–Crippen MR) is 58.9 cm³/mol. The third kappa shape index (κ3) is 2.46. The molecular weight excluding hydrogens is 234 g/mol. The van der Waals surface area contributed by atoms with Crippen LogP contribution >= 0.6 is 11.6 Å². The molecule has 0 bridgehead atoms. The number of benzene rings is 1. The van der Waals surface area contributed by atoms with Crippen molar-refractivity contribution in [3.8, 4) is 0 Å². The summed E-state index contributed by atoms with van der Waals surface area (Å²) >= 11 is 5.61. The first kappa shape index (κ1) is 10.8. The van der Waals surface area contributed by atoms with E-state index in [-0.39, 0.29) is 5.69 Å². The first-order valence-corrected chi connectivity index (χ1v) is 4.86. The maximum atomic E-state index is 13.4. The van der Waals surface area contributed by atoms with Gasteiger partial charge in [-0.15, -0.1) is 0 Å². The van der Waals surface area contributed by atoms with Crippen LogP contribution in [0.2, 0.25) is 5.02 Å². The minimum Gasteiger partial charge on any atom is -0.353 e. The van der Waals surface area contributed by atoms with Crippen LogP contribution in [0.1, 0.15) is 0 Å². The molecule has 0 unspecified atom stereocenters. The van der Waals surface area contributed by atoms with E-state index in [0.717, 1.165) is 0 Å². The SMILES string of the molecule is Fc1cc(Nc2ccc(Cl)cc2F)ccn1. The Kier molecular flexibility index (Phi) is 3.01. The second-order valence-electron chi connectivity index (χ2n) is 3.12. The summed E-state index contributed by atoms with van der Waals surface area (Å²) < 4.78 is 26.1. The van der Waals surface area contributed by atoms with E-state index < -0.39 is 11.8 Å². The number of nitrogens with zero attached hydrogens (tertiary/aromatic N) is 1. The summed E-state index contributed by atoms with van der Waals surface area (Å²) in [6.07, 6.45) is 1.30. The van der Waals surface area contributed by atoms with Gasteiger partial charge in [-0.25, -0.2) is 9.37 Å². The van der Waals surface area contributed by atoms with Crippen LogP contribution in [-0.4, -0.2) is 4.98 Å². The van der Waals surface area contributed by atoms with Crippen LogP contribution in [0, 0.1) is 11.8 Å². The molecule has 0 aliphatic heterocycles. The van der Waals surface area contributed by atoms with E-state index in [1.54, 1.807) is 6.07 Å². The lowest BCUT2D eigenvalue weighted by Gasteiger charge is -2.07. The normalized spacial score (nSPS) is 10.2. The molecule has 0 aliphatic carbocycles. The van der Waals surface area contributed by atoms with E-state index in [2.05, 4.69) is 10.3 Å². The van der Waals surface area contributed by atoms with Gasteiger partial charge < -0.3 is 5.32 Å². The second kappa shape index (κ2) is 4.45. The topological polar surface area (TPSA) is 24.9 Å². The summed E-state index contributed by atoms with van der Waals surface area (Å²) in [7, 11) is 0. The predicted octanol–water partition coefficient (Wildman–Crippen LogP) is 3.76. The minimum atomic E-state index is -0.626. The lowest BCUT2D eigenvalue weighted by Crippen LogP contribution is -1.94. The largest absolute Gasteiger partial charge is 0.353 e. The van der Waals surface area contributed by atoms with Crippen molar-refractivity contribution in [3.05, 3.63) is 53.3 Å². The Morgan fingerprint density at radius 2 is 1.94 bits per heavy atom. The maximum Gasteiger partial charge on any atom is 0.214 e. The van der Waals surface area contributed by atoms with Crippen LogP contribution in [0.15, 0.2) is 36.5 Å². The molecule has 0 radical (unpaired) electrons. The van der Waals surface area contributed by atoms with E-state index in [4.69, 9.17) is 11.6 Å². The van der Waals surface area contributed by atoms with E-state index in [1.165, 1.54) is 30.5 Å². The van der Waals surface area contributed by atoms with Gasteiger partial charge in [0.05, 0.1) is 5.69 Å². The highest BCUT2D eigenvalue weighted by Crippen LogP contribution is 2.22. The Balaban J connectivity index is 2.27. The van der Waals surface area contributed by atoms with Crippen LogP contribution in [0.3, 0.4) is 0 Å². The van der Waals surface area contributed by atoms with Gasteiger partial charge in [-0.1, -0.05) is 11.6 Å². The fraction of sp³-hybridized carbons (Fsp3) is 0. The van der Waals surface area contributed by atoms with Gasteiger partial charge >= 0.3 is 0 Å². The second-order valence-corrected chi connectivity index (χ2v) is 3.55. The first-order valence-electron chi connectivity index (χ1n) is 4.49. The minimum absolute atomic E-state index is 0.231. The van der Waals surface area contributed by atoms with E-state index in [9.17, 15) is 8.78 Å². The van der Waals surface area contributed by atoms with Crippen molar-refractivity contribution in [2.24, 2.45) is 0 Å². The Morgan fingerprint density at radius 1 is 1.12 bits per heavy atom. The highest BCUT2D eigenvalue weighted by atomic mass is 35.5. The smallest absolute Gasteiger partial charge is 0.214 e. The van der Waals surface area contributed by atoms with Crippen LogP contribution in [-0.2, 0) is 0 Å². The summed E-state index contributed by atoms with van der Waals surface area (Å²) in [4.78, 5) is 3.40. The van der Waals surface area contributed by atoms with Gasteiger partial charge in [0.2, 0.25) is 5.95 Å². The van der Waals surface area contributed by atoms with Gasteiger partial charge in [-0.3, -0.25) is 0 Å². The molecule has 2 nitrogen and oxygen atoms in total. The summed E-state index contributed by atoms with van der Waals surface area (Å²) in [6.45, 7) is 0. The molecule has 1 heterocycles. The van der Waals surface area contributed by atoms with E-state index in [0.29, 0.717) is 10.7 Å². The molecule has 82 valence electrons. The van der Waals surface area contributed by atoms with Crippen molar-refractivity contribution >= 4 is 23.0 Å². The molecule has 0 spiro atoms. The number of nitrogens with one attached hydrogen (secondary N) is 1. The van der Waals surface area contributed by atoms with Crippen molar-refractivity contribution in [2.45, 2.75) is 0 Å². The highest BCUT2D eigenvalue weighted by Gasteiger charge is 2.03. The van der Waals surface area contributed by atoms with Crippen molar-refractivity contribution in [1.82, 2.24) is 4.98 Å². The molecule has 1 aromatic carbocycles. The molecule has 16 heavy (non-hydrogen) atoms. The molecule has 0 saturated heterocycles. The fourth-order valence-corrected chi connectivity index (χ4v) is 1.39. The molecule has 0 saturated carbocycles. The first-order chi connectivity index (χ1) is 7.65. The summed E-state index contributed by atoms with van der Waals surface area (Å²) in [5.41, 5.74) is 0.656. The molecule has 2 rings (SSSR count). The molecule has 1 N–H and O–H groups in total. The van der Waals surface area contributed by atoms with Crippen LogP contribution in [0.4, 0.5) is 20.2 Å². The van der Waals surface area contributed by atoms with Gasteiger partial charge in [-0.2, -0.15) is 4.39 Å². The fourth-order valence-electron chi connectivity index (χ4n) is 1.23. The lowest BCUT2D eigenvalue weighted by molar-refractivity contribution is 0.584. The average Bonchev–Trinajstić information content (AvgIpc) is 2.22. The molecule has 0 amide bonds. The van der Waals surface area contributed by atoms with E-state index >= 15 is 0 Å². The van der Waals surface area contributed by atoms with E-state index in [1.807, 2.05) is 0 Å². The van der Waals surface area contributed by atoms with Gasteiger partial charge in [0.1, 0.15) is 5.82 Å². The van der Waals surface area contributed by atoms with Crippen LogP contribution in [0.25, 0.3) is 0 Å². The molecule has 0 atom stereocenters. The lowest BCUT2D eigenvalue weighted by atomic mass is 10.3. The number of anilines is 2. The Morgan fingerprint density at radius 3 is 2.62 bits per heavy atom. The summed E-state index contributed by atoms with van der Waals surface area (Å²) in [5.74, 6) is -1.12.